The Morgan fingerprint density at radius 3 is 1.07 bits per heavy atom. The van der Waals surface area contributed by atoms with E-state index in [0.29, 0.717) is 0 Å². The van der Waals surface area contributed by atoms with Gasteiger partial charge in [0.1, 0.15) is 0 Å². The van der Waals surface area contributed by atoms with E-state index in [-0.39, 0.29) is 0 Å². The maximum Gasteiger partial charge on any atom is -0.00201 e. The molecule has 202 valence electrons. The standard InChI is InChI=1S/C44H26/c1-3-9-27(10-4-1)35-21-33-19-17-29-13-7-15-31-23-37(39(25-35)43(33)41(29)31)38-24-32-16-8-14-30-18-20-34-22-36(28-11-5-2-6-12-28)26-40(38)44(34)42(30)32/h1-26H. The van der Waals surface area contributed by atoms with Gasteiger partial charge in [-0.2, -0.15) is 0 Å². The SMILES string of the molecule is c1ccc(-c2cc3ccc4cccc5cc(-c6cc7cccc8ccc9cc(-c%10ccccc%10)cc6c9c87)c(c2)c3c45)cc1. The molecule has 0 saturated carbocycles. The molecule has 0 aromatic heterocycles. The first-order valence-corrected chi connectivity index (χ1v) is 15.3. The van der Waals surface area contributed by atoms with Crippen LogP contribution in [0.1, 0.15) is 0 Å². The van der Waals surface area contributed by atoms with E-state index in [1.54, 1.807) is 0 Å². The Kier molecular flexibility index (Phi) is 4.81. The summed E-state index contributed by atoms with van der Waals surface area (Å²) in [7, 11) is 0. The Morgan fingerprint density at radius 2 is 0.614 bits per heavy atom. The van der Waals surface area contributed by atoms with Crippen LogP contribution < -0.4 is 0 Å². The second-order valence-corrected chi connectivity index (χ2v) is 12.1. The summed E-state index contributed by atoms with van der Waals surface area (Å²) in [6.45, 7) is 0. The fraction of sp³-hybridized carbons (Fsp3) is 0. The minimum Gasteiger partial charge on any atom is -0.0622 e. The molecule has 0 bridgehead atoms. The highest BCUT2D eigenvalue weighted by molar-refractivity contribution is 6.31. The maximum absolute atomic E-state index is 2.44. The molecule has 0 unspecified atom stereocenters. The molecule has 0 aliphatic carbocycles. The summed E-state index contributed by atoms with van der Waals surface area (Å²) in [5.41, 5.74) is 7.56. The molecule has 10 aromatic rings. The smallest absolute Gasteiger partial charge is 0.00201 e. The van der Waals surface area contributed by atoms with Crippen molar-refractivity contribution in [2.45, 2.75) is 0 Å². The fourth-order valence-corrected chi connectivity index (χ4v) is 7.71. The molecule has 0 atom stereocenters. The summed E-state index contributed by atoms with van der Waals surface area (Å²) in [6.07, 6.45) is 0. The molecular weight excluding hydrogens is 528 g/mol. The van der Waals surface area contributed by atoms with Gasteiger partial charge < -0.3 is 0 Å². The van der Waals surface area contributed by atoms with E-state index in [2.05, 4.69) is 158 Å². The van der Waals surface area contributed by atoms with E-state index in [1.807, 2.05) is 0 Å². The van der Waals surface area contributed by atoms with Gasteiger partial charge in [0.2, 0.25) is 0 Å². The number of benzene rings is 10. The van der Waals surface area contributed by atoms with Crippen LogP contribution in [0.2, 0.25) is 0 Å². The van der Waals surface area contributed by atoms with Gasteiger partial charge in [0.25, 0.3) is 0 Å². The normalized spacial score (nSPS) is 12.1. The predicted molar refractivity (Wildman–Crippen MR) is 190 cm³/mol. The first-order valence-electron chi connectivity index (χ1n) is 15.3. The number of hydrogen-bond acceptors (Lipinski definition) is 0. The lowest BCUT2D eigenvalue weighted by Gasteiger charge is -2.20. The lowest BCUT2D eigenvalue weighted by molar-refractivity contribution is 1.65. The first-order chi connectivity index (χ1) is 21.8. The molecule has 0 nitrogen and oxygen atoms in total. The number of hydrogen-bond donors (Lipinski definition) is 0. The zero-order valence-corrected chi connectivity index (χ0v) is 24.0. The van der Waals surface area contributed by atoms with Crippen LogP contribution in [-0.2, 0) is 0 Å². The van der Waals surface area contributed by atoms with Crippen molar-refractivity contribution in [3.8, 4) is 33.4 Å². The minimum atomic E-state index is 1.24. The van der Waals surface area contributed by atoms with Crippen LogP contribution in [0.15, 0.2) is 158 Å². The van der Waals surface area contributed by atoms with Gasteiger partial charge in [-0.3, -0.25) is 0 Å². The van der Waals surface area contributed by atoms with E-state index in [4.69, 9.17) is 0 Å². The van der Waals surface area contributed by atoms with Crippen LogP contribution in [0.4, 0.5) is 0 Å². The molecule has 0 heterocycles. The van der Waals surface area contributed by atoms with Crippen molar-refractivity contribution in [2.75, 3.05) is 0 Å². The second-order valence-electron chi connectivity index (χ2n) is 12.1. The molecule has 10 rings (SSSR count). The Labute approximate surface area is 255 Å². The Morgan fingerprint density at radius 1 is 0.227 bits per heavy atom. The summed E-state index contributed by atoms with van der Waals surface area (Å²) in [6, 6.07) is 58.7. The van der Waals surface area contributed by atoms with Gasteiger partial charge in [0.05, 0.1) is 0 Å². The minimum absolute atomic E-state index is 1.24. The predicted octanol–water partition coefficient (Wildman–Crippen LogP) is 12.5. The molecule has 0 amide bonds. The maximum atomic E-state index is 2.44. The lowest BCUT2D eigenvalue weighted by atomic mass is 9.83. The van der Waals surface area contributed by atoms with Crippen molar-refractivity contribution < 1.29 is 0 Å². The Hall–Kier alpha value is -5.72. The molecule has 0 saturated heterocycles. The van der Waals surface area contributed by atoms with Crippen LogP contribution in [0, 0.1) is 0 Å². The van der Waals surface area contributed by atoms with Gasteiger partial charge in [0.15, 0.2) is 0 Å². The average Bonchev–Trinajstić information content (AvgIpc) is 3.09. The van der Waals surface area contributed by atoms with Crippen LogP contribution in [0.3, 0.4) is 0 Å². The van der Waals surface area contributed by atoms with Crippen LogP contribution >= 0.6 is 0 Å². The highest BCUT2D eigenvalue weighted by Crippen LogP contribution is 2.47. The van der Waals surface area contributed by atoms with E-state index in [1.165, 1.54) is 98.0 Å². The zero-order chi connectivity index (χ0) is 28.8. The van der Waals surface area contributed by atoms with Crippen LogP contribution in [-0.4, -0.2) is 0 Å². The highest BCUT2D eigenvalue weighted by atomic mass is 14.2. The third kappa shape index (κ3) is 3.34. The summed E-state index contributed by atoms with van der Waals surface area (Å²) >= 11 is 0. The van der Waals surface area contributed by atoms with Gasteiger partial charge in [0, 0.05) is 0 Å². The average molecular weight is 555 g/mol. The van der Waals surface area contributed by atoms with Crippen molar-refractivity contribution in [3.63, 3.8) is 0 Å². The van der Waals surface area contributed by atoms with Gasteiger partial charge in [-0.1, -0.05) is 121 Å². The molecule has 0 N–H and O–H groups in total. The van der Waals surface area contributed by atoms with E-state index >= 15 is 0 Å². The molecule has 0 aliphatic rings. The van der Waals surface area contributed by atoms with E-state index < -0.39 is 0 Å². The van der Waals surface area contributed by atoms with Crippen LogP contribution in [0.5, 0.6) is 0 Å². The van der Waals surface area contributed by atoms with E-state index in [0.717, 1.165) is 0 Å². The largest absolute Gasteiger partial charge is 0.0622 e. The number of rotatable bonds is 3. The molecule has 0 fully saturated rings. The molecule has 0 heteroatoms. The van der Waals surface area contributed by atoms with Crippen LogP contribution in [0.25, 0.3) is 98.0 Å². The molecular formula is C44H26. The van der Waals surface area contributed by atoms with Gasteiger partial charge in [-0.05, 0) is 134 Å². The second kappa shape index (κ2) is 8.89. The van der Waals surface area contributed by atoms with Crippen molar-refractivity contribution in [1.82, 2.24) is 0 Å². The third-order valence-electron chi connectivity index (χ3n) is 9.66. The Bertz CT molecular complexity index is 2490. The molecule has 0 radical (unpaired) electrons. The van der Waals surface area contributed by atoms with Crippen molar-refractivity contribution in [3.05, 3.63) is 158 Å². The zero-order valence-electron chi connectivity index (χ0n) is 24.0. The van der Waals surface area contributed by atoms with E-state index in [9.17, 15) is 0 Å². The van der Waals surface area contributed by atoms with Crippen molar-refractivity contribution >= 4 is 64.6 Å². The third-order valence-corrected chi connectivity index (χ3v) is 9.66. The lowest BCUT2D eigenvalue weighted by Crippen LogP contribution is -1.93. The monoisotopic (exact) mass is 554 g/mol. The molecule has 10 aromatic carbocycles. The van der Waals surface area contributed by atoms with Gasteiger partial charge in [-0.25, -0.2) is 0 Å². The van der Waals surface area contributed by atoms with Crippen molar-refractivity contribution in [1.29, 1.82) is 0 Å². The first kappa shape index (κ1) is 23.8. The summed E-state index contributed by atoms with van der Waals surface area (Å²) in [5, 5.41) is 15.8. The molecule has 0 spiro atoms. The topological polar surface area (TPSA) is 0 Å². The Balaban J connectivity index is 1.41. The quantitative estimate of drug-likeness (QED) is 0.191. The van der Waals surface area contributed by atoms with Gasteiger partial charge >= 0.3 is 0 Å². The fourth-order valence-electron chi connectivity index (χ4n) is 7.71. The summed E-state index contributed by atoms with van der Waals surface area (Å²) in [4.78, 5) is 0. The molecule has 0 aliphatic heterocycles. The van der Waals surface area contributed by atoms with Gasteiger partial charge in [-0.15, -0.1) is 0 Å². The molecule has 44 heavy (non-hydrogen) atoms. The van der Waals surface area contributed by atoms with Crippen molar-refractivity contribution in [2.24, 2.45) is 0 Å². The highest BCUT2D eigenvalue weighted by Gasteiger charge is 2.19. The summed E-state index contributed by atoms with van der Waals surface area (Å²) < 4.78 is 0. The summed E-state index contributed by atoms with van der Waals surface area (Å²) in [5.74, 6) is 0.